The fourth-order valence-electron chi connectivity index (χ4n) is 5.22. The first kappa shape index (κ1) is 25.7. The second-order valence-electron chi connectivity index (χ2n) is 9.55. The van der Waals surface area contributed by atoms with Crippen molar-refractivity contribution in [3.63, 3.8) is 0 Å². The van der Waals surface area contributed by atoms with Crippen LogP contribution in [0.1, 0.15) is 20.8 Å². The molecule has 4 aromatic rings. The summed E-state index contributed by atoms with van der Waals surface area (Å²) in [4.78, 5) is 32.2. The number of dihydropyridines is 1. The van der Waals surface area contributed by atoms with Crippen LogP contribution < -0.4 is 15.1 Å². The van der Waals surface area contributed by atoms with Gasteiger partial charge in [-0.05, 0) is 62.4 Å². The minimum absolute atomic E-state index is 0.173. The number of rotatable bonds is 6. The van der Waals surface area contributed by atoms with Crippen molar-refractivity contribution in [1.82, 2.24) is 5.32 Å². The number of nitrogens with zero attached hydrogens (tertiary/aromatic N) is 2. The van der Waals surface area contributed by atoms with Crippen LogP contribution in [0.2, 0.25) is 0 Å². The largest absolute Gasteiger partial charge is 0.362 e. The Morgan fingerprint density at radius 3 is 1.03 bits per heavy atom. The Morgan fingerprint density at radius 1 is 0.513 bits per heavy atom. The summed E-state index contributed by atoms with van der Waals surface area (Å²) < 4.78 is 0. The number of amides is 2. The van der Waals surface area contributed by atoms with Gasteiger partial charge in [0.15, 0.2) is 0 Å². The number of carbonyl (C=O) groups is 2. The van der Waals surface area contributed by atoms with E-state index >= 15 is 0 Å². The molecule has 0 radical (unpaired) electrons. The zero-order valence-electron chi connectivity index (χ0n) is 22.3. The van der Waals surface area contributed by atoms with Gasteiger partial charge in [-0.3, -0.25) is 19.4 Å². The second kappa shape index (κ2) is 11.2. The molecule has 0 atom stereocenters. The molecular weight excluding hydrogens is 482 g/mol. The lowest BCUT2D eigenvalue weighted by Gasteiger charge is -2.34. The third-order valence-electron chi connectivity index (χ3n) is 6.97. The first-order valence-electron chi connectivity index (χ1n) is 13.0. The van der Waals surface area contributed by atoms with E-state index in [1.165, 1.54) is 0 Å². The highest BCUT2D eigenvalue weighted by molar-refractivity contribution is 6.16. The summed E-state index contributed by atoms with van der Waals surface area (Å²) in [7, 11) is 0. The molecule has 0 bridgehead atoms. The molecule has 194 valence electrons. The van der Waals surface area contributed by atoms with E-state index in [4.69, 9.17) is 0 Å². The number of carbonyl (C=O) groups excluding carboxylic acids is 2. The topological polar surface area (TPSA) is 52.7 Å². The van der Waals surface area contributed by atoms with Crippen molar-refractivity contribution in [2.75, 3.05) is 9.80 Å². The maximum Gasteiger partial charge on any atom is 0.261 e. The average molecular weight is 514 g/mol. The molecule has 1 aliphatic rings. The second-order valence-corrected chi connectivity index (χ2v) is 9.55. The van der Waals surface area contributed by atoms with E-state index in [1.54, 1.807) is 9.80 Å². The number of hydrogen-bond acceptors (Lipinski definition) is 3. The van der Waals surface area contributed by atoms with Gasteiger partial charge in [0, 0.05) is 51.2 Å². The van der Waals surface area contributed by atoms with Crippen LogP contribution in [0.5, 0.6) is 0 Å². The smallest absolute Gasteiger partial charge is 0.261 e. The van der Waals surface area contributed by atoms with Crippen molar-refractivity contribution in [1.29, 1.82) is 0 Å². The maximum atomic E-state index is 14.4. The molecule has 5 nitrogen and oxygen atoms in total. The number of nitrogens with one attached hydrogen (secondary N) is 1. The van der Waals surface area contributed by atoms with Crippen LogP contribution in [-0.2, 0) is 9.59 Å². The number of benzene rings is 4. The van der Waals surface area contributed by atoms with Crippen molar-refractivity contribution in [2.24, 2.45) is 5.92 Å². The summed E-state index contributed by atoms with van der Waals surface area (Å²) in [6, 6.07) is 38.4. The third kappa shape index (κ3) is 5.12. The molecule has 0 aliphatic carbocycles. The molecule has 39 heavy (non-hydrogen) atoms. The van der Waals surface area contributed by atoms with Crippen LogP contribution in [0.3, 0.4) is 0 Å². The molecular formula is C34H31N3O2. The van der Waals surface area contributed by atoms with Gasteiger partial charge in [0.05, 0.1) is 0 Å². The predicted octanol–water partition coefficient (Wildman–Crippen LogP) is 7.50. The van der Waals surface area contributed by atoms with Crippen molar-refractivity contribution >= 4 is 34.6 Å². The van der Waals surface area contributed by atoms with E-state index in [0.717, 1.165) is 34.1 Å². The molecule has 0 spiro atoms. The van der Waals surface area contributed by atoms with Gasteiger partial charge in [0.2, 0.25) is 0 Å². The lowest BCUT2D eigenvalue weighted by atomic mass is 9.85. The molecule has 0 unspecified atom stereocenters. The van der Waals surface area contributed by atoms with Gasteiger partial charge >= 0.3 is 0 Å². The molecule has 2 amide bonds. The summed E-state index contributed by atoms with van der Waals surface area (Å²) in [6.45, 7) is 5.74. The van der Waals surface area contributed by atoms with Gasteiger partial charge in [-0.2, -0.15) is 0 Å². The normalized spacial score (nSPS) is 13.6. The van der Waals surface area contributed by atoms with Crippen molar-refractivity contribution in [3.05, 3.63) is 144 Å². The molecule has 0 saturated heterocycles. The van der Waals surface area contributed by atoms with Gasteiger partial charge in [0.1, 0.15) is 0 Å². The average Bonchev–Trinajstić information content (AvgIpc) is 2.95. The van der Waals surface area contributed by atoms with E-state index < -0.39 is 5.92 Å². The van der Waals surface area contributed by atoms with Crippen molar-refractivity contribution in [3.8, 4) is 0 Å². The first-order valence-corrected chi connectivity index (χ1v) is 13.0. The summed E-state index contributed by atoms with van der Waals surface area (Å²) in [5.41, 5.74) is 5.63. The zero-order valence-corrected chi connectivity index (χ0v) is 22.3. The van der Waals surface area contributed by atoms with Gasteiger partial charge in [-0.25, -0.2) is 0 Å². The molecule has 0 fully saturated rings. The molecule has 1 aliphatic heterocycles. The standard InChI is InChI=1S/C34H31N3O2/c1-24-31(33(38)36(27-16-8-4-9-17-27)28-18-10-5-11-19-28)25(2)35-26(3)32(24)34(39)37(29-20-12-6-13-21-29)30-22-14-7-15-23-30/h4-24,35H,1-3H3. The third-order valence-corrected chi connectivity index (χ3v) is 6.97. The van der Waals surface area contributed by atoms with E-state index in [0.29, 0.717) is 11.1 Å². The molecule has 5 rings (SSSR count). The monoisotopic (exact) mass is 513 g/mol. The van der Waals surface area contributed by atoms with Gasteiger partial charge in [0.25, 0.3) is 11.8 Å². The van der Waals surface area contributed by atoms with E-state index in [9.17, 15) is 9.59 Å². The van der Waals surface area contributed by atoms with E-state index in [-0.39, 0.29) is 11.8 Å². The summed E-state index contributed by atoms with van der Waals surface area (Å²) in [5.74, 6) is -0.793. The van der Waals surface area contributed by atoms with Crippen molar-refractivity contribution in [2.45, 2.75) is 20.8 Å². The number of hydrogen-bond donors (Lipinski definition) is 1. The van der Waals surface area contributed by atoms with Crippen LogP contribution in [0.25, 0.3) is 0 Å². The van der Waals surface area contributed by atoms with Crippen LogP contribution in [0.4, 0.5) is 22.7 Å². The van der Waals surface area contributed by atoms with Gasteiger partial charge in [-0.1, -0.05) is 79.7 Å². The molecule has 5 heteroatoms. The van der Waals surface area contributed by atoms with Crippen LogP contribution in [0, 0.1) is 5.92 Å². The minimum Gasteiger partial charge on any atom is -0.362 e. The minimum atomic E-state index is -0.448. The number of anilines is 4. The lowest BCUT2D eigenvalue weighted by molar-refractivity contribution is -0.115. The molecule has 0 saturated carbocycles. The first-order chi connectivity index (χ1) is 19.0. The van der Waals surface area contributed by atoms with Crippen LogP contribution in [0.15, 0.2) is 144 Å². The SMILES string of the molecule is CC1=C(C(=O)N(c2ccccc2)c2ccccc2)C(C)C(C(=O)N(c2ccccc2)c2ccccc2)=C(C)N1. The lowest BCUT2D eigenvalue weighted by Crippen LogP contribution is -2.40. The zero-order chi connectivity index (χ0) is 27.4. The predicted molar refractivity (Wildman–Crippen MR) is 158 cm³/mol. The van der Waals surface area contributed by atoms with Gasteiger partial charge < -0.3 is 5.32 Å². The Morgan fingerprint density at radius 2 is 0.769 bits per heavy atom. The maximum absolute atomic E-state index is 14.4. The summed E-state index contributed by atoms with van der Waals surface area (Å²) in [5, 5.41) is 3.35. The Kier molecular flexibility index (Phi) is 7.41. The Labute approximate surface area is 229 Å². The molecule has 1 heterocycles. The van der Waals surface area contributed by atoms with Crippen molar-refractivity contribution < 1.29 is 9.59 Å². The quantitative estimate of drug-likeness (QED) is 0.290. The van der Waals surface area contributed by atoms with E-state index in [1.807, 2.05) is 142 Å². The van der Waals surface area contributed by atoms with Crippen LogP contribution >= 0.6 is 0 Å². The van der Waals surface area contributed by atoms with E-state index in [2.05, 4.69) is 5.32 Å². The Hall–Kier alpha value is -4.90. The highest BCUT2D eigenvalue weighted by Crippen LogP contribution is 2.37. The molecule has 1 N–H and O–H groups in total. The number of para-hydroxylation sites is 4. The van der Waals surface area contributed by atoms with Crippen LogP contribution in [-0.4, -0.2) is 11.8 Å². The number of allylic oxidation sites excluding steroid dienone is 2. The summed E-state index contributed by atoms with van der Waals surface area (Å²) >= 11 is 0. The Balaban J connectivity index is 1.57. The fourth-order valence-corrected chi connectivity index (χ4v) is 5.22. The summed E-state index contributed by atoms with van der Waals surface area (Å²) in [6.07, 6.45) is 0. The molecule has 0 aromatic heterocycles. The Bertz CT molecular complexity index is 1330. The molecule has 4 aromatic carbocycles. The highest BCUT2D eigenvalue weighted by atomic mass is 16.2. The van der Waals surface area contributed by atoms with Gasteiger partial charge in [-0.15, -0.1) is 0 Å². The fraction of sp³-hybridized carbons (Fsp3) is 0.118. The highest BCUT2D eigenvalue weighted by Gasteiger charge is 2.37.